The van der Waals surface area contributed by atoms with Gasteiger partial charge in [0.2, 0.25) is 0 Å². The fraction of sp³-hybridized carbons (Fsp3) is 0.833. The van der Waals surface area contributed by atoms with E-state index in [1.165, 1.54) is 4.90 Å². The maximum absolute atomic E-state index is 11.9. The van der Waals surface area contributed by atoms with Crippen LogP contribution in [0.2, 0.25) is 0 Å². The molecule has 0 bridgehead atoms. The highest BCUT2D eigenvalue weighted by atomic mass is 16.6. The molecule has 6 heteroatoms. The number of ether oxygens (including phenoxy) is 2. The van der Waals surface area contributed by atoms with Crippen molar-refractivity contribution in [3.8, 4) is 0 Å². The molecule has 2 atom stereocenters. The normalized spacial score (nSPS) is 23.9. The van der Waals surface area contributed by atoms with Gasteiger partial charge >= 0.3 is 12.1 Å². The molecule has 1 amide bonds. The third kappa shape index (κ3) is 3.60. The van der Waals surface area contributed by atoms with Crippen molar-refractivity contribution >= 4 is 12.1 Å². The summed E-state index contributed by atoms with van der Waals surface area (Å²) < 4.78 is 10.1. The summed E-state index contributed by atoms with van der Waals surface area (Å²) in [5.74, 6) is -0.589. The van der Waals surface area contributed by atoms with E-state index in [4.69, 9.17) is 9.47 Å². The molecule has 0 spiro atoms. The summed E-state index contributed by atoms with van der Waals surface area (Å²) in [4.78, 5) is 24.8. The molecule has 0 aliphatic carbocycles. The Hall–Kier alpha value is -1.30. The van der Waals surface area contributed by atoms with Crippen molar-refractivity contribution in [1.29, 1.82) is 0 Å². The number of amides is 1. The van der Waals surface area contributed by atoms with Gasteiger partial charge in [0.25, 0.3) is 0 Å². The predicted octanol–water partition coefficient (Wildman–Crippen LogP) is 0.920. The highest BCUT2D eigenvalue weighted by Gasteiger charge is 2.43. The number of aliphatic hydroxyl groups is 1. The Balaban J connectivity index is 2.74. The molecule has 0 aromatic rings. The Kier molecular flexibility index (Phi) is 4.56. The molecule has 1 saturated heterocycles. The number of carbonyl (C=O) groups excluding carboxylic acids is 2. The average Bonchev–Trinajstić information content (AvgIpc) is 2.58. The van der Waals surface area contributed by atoms with Crippen LogP contribution in [-0.2, 0) is 14.3 Å². The highest BCUT2D eigenvalue weighted by Crippen LogP contribution is 2.22. The number of esters is 1. The second-order valence-electron chi connectivity index (χ2n) is 5.23. The molecule has 1 heterocycles. The van der Waals surface area contributed by atoms with Gasteiger partial charge in [0.05, 0.1) is 12.7 Å². The lowest BCUT2D eigenvalue weighted by Crippen LogP contribution is -2.47. The van der Waals surface area contributed by atoms with E-state index in [1.807, 2.05) is 0 Å². The number of carbonyl (C=O) groups is 2. The zero-order valence-electron chi connectivity index (χ0n) is 11.3. The van der Waals surface area contributed by atoms with E-state index in [0.29, 0.717) is 13.0 Å². The van der Waals surface area contributed by atoms with Gasteiger partial charge in [0, 0.05) is 6.54 Å². The molecule has 1 N–H and O–H groups in total. The average molecular weight is 259 g/mol. The van der Waals surface area contributed by atoms with Gasteiger partial charge in [0.15, 0.2) is 6.04 Å². The van der Waals surface area contributed by atoms with Crippen molar-refractivity contribution in [3.63, 3.8) is 0 Å². The summed E-state index contributed by atoms with van der Waals surface area (Å²) in [5, 5.41) is 9.75. The van der Waals surface area contributed by atoms with Crippen molar-refractivity contribution in [3.05, 3.63) is 0 Å². The summed E-state index contributed by atoms with van der Waals surface area (Å²) in [6, 6.07) is -0.959. The molecule has 0 aromatic heterocycles. The monoisotopic (exact) mass is 259 g/mol. The number of aliphatic hydroxyl groups excluding tert-OH is 1. The molecule has 0 saturated carbocycles. The van der Waals surface area contributed by atoms with E-state index >= 15 is 0 Å². The topological polar surface area (TPSA) is 76.1 Å². The van der Waals surface area contributed by atoms with Gasteiger partial charge < -0.3 is 14.6 Å². The zero-order chi connectivity index (χ0) is 13.9. The maximum Gasteiger partial charge on any atom is 0.411 e. The van der Waals surface area contributed by atoms with Crippen molar-refractivity contribution in [1.82, 2.24) is 4.90 Å². The van der Waals surface area contributed by atoms with Crippen LogP contribution in [0.3, 0.4) is 0 Å². The fourth-order valence-corrected chi connectivity index (χ4v) is 1.81. The van der Waals surface area contributed by atoms with Crippen LogP contribution in [0, 0.1) is 0 Å². The second-order valence-corrected chi connectivity index (χ2v) is 5.23. The van der Waals surface area contributed by atoms with Crippen LogP contribution in [-0.4, -0.2) is 53.0 Å². The molecule has 104 valence electrons. The van der Waals surface area contributed by atoms with Gasteiger partial charge in [-0.15, -0.1) is 0 Å². The van der Waals surface area contributed by atoms with Crippen molar-refractivity contribution in [2.45, 2.75) is 51.9 Å². The third-order valence-electron chi connectivity index (χ3n) is 2.52. The zero-order valence-corrected chi connectivity index (χ0v) is 11.3. The predicted molar refractivity (Wildman–Crippen MR) is 64.0 cm³/mol. The first-order valence-electron chi connectivity index (χ1n) is 6.10. The number of likely N-dealkylation sites (tertiary alicyclic amines) is 1. The standard InChI is InChI=1S/C12H21NO5/c1-5-17-10(15)9-8(14)6-7-13(9)11(16)18-12(2,3)4/h8-9,14H,5-7H2,1-4H3/t8-,9?/m0/s1. The molecular formula is C12H21NO5. The second kappa shape index (κ2) is 5.56. The van der Waals surface area contributed by atoms with Crippen LogP contribution in [0.1, 0.15) is 34.1 Å². The molecule has 1 aliphatic heterocycles. The van der Waals surface area contributed by atoms with Crippen molar-refractivity contribution < 1.29 is 24.2 Å². The fourth-order valence-electron chi connectivity index (χ4n) is 1.81. The summed E-state index contributed by atoms with van der Waals surface area (Å²) in [5.41, 5.74) is -0.635. The number of hydrogen-bond donors (Lipinski definition) is 1. The summed E-state index contributed by atoms with van der Waals surface area (Å²) in [6.07, 6.45) is -1.14. The SMILES string of the molecule is CCOC(=O)C1[C@@H](O)CCN1C(=O)OC(C)(C)C. The quantitative estimate of drug-likeness (QED) is 0.746. The van der Waals surface area contributed by atoms with E-state index in [1.54, 1.807) is 27.7 Å². The van der Waals surface area contributed by atoms with Gasteiger partial charge in [-0.3, -0.25) is 4.90 Å². The number of hydrogen-bond acceptors (Lipinski definition) is 5. The molecule has 6 nitrogen and oxygen atoms in total. The molecule has 0 aromatic carbocycles. The molecule has 1 aliphatic rings. The Morgan fingerprint density at radius 2 is 2.00 bits per heavy atom. The van der Waals surface area contributed by atoms with Crippen LogP contribution in [0.25, 0.3) is 0 Å². The van der Waals surface area contributed by atoms with Crippen LogP contribution in [0.4, 0.5) is 4.79 Å². The molecule has 1 rings (SSSR count). The van der Waals surface area contributed by atoms with Crippen LogP contribution < -0.4 is 0 Å². The Bertz CT molecular complexity index is 323. The van der Waals surface area contributed by atoms with E-state index in [9.17, 15) is 14.7 Å². The van der Waals surface area contributed by atoms with Crippen molar-refractivity contribution in [2.24, 2.45) is 0 Å². The molecular weight excluding hydrogens is 238 g/mol. The first kappa shape index (κ1) is 14.8. The lowest BCUT2D eigenvalue weighted by molar-refractivity contribution is -0.151. The van der Waals surface area contributed by atoms with Gasteiger partial charge in [0.1, 0.15) is 5.60 Å². The van der Waals surface area contributed by atoms with Gasteiger partial charge in [-0.25, -0.2) is 9.59 Å². The number of rotatable bonds is 2. The van der Waals surface area contributed by atoms with E-state index < -0.39 is 29.8 Å². The minimum absolute atomic E-state index is 0.213. The Labute approximate surface area is 107 Å². The minimum atomic E-state index is -0.959. The van der Waals surface area contributed by atoms with E-state index in [0.717, 1.165) is 0 Å². The van der Waals surface area contributed by atoms with Crippen LogP contribution in [0.15, 0.2) is 0 Å². The first-order chi connectivity index (χ1) is 8.26. The first-order valence-corrected chi connectivity index (χ1v) is 6.10. The van der Waals surface area contributed by atoms with Crippen LogP contribution in [0.5, 0.6) is 0 Å². The summed E-state index contributed by atoms with van der Waals surface area (Å²) in [6.45, 7) is 7.42. The lowest BCUT2D eigenvalue weighted by Gasteiger charge is -2.28. The molecule has 0 radical (unpaired) electrons. The van der Waals surface area contributed by atoms with E-state index in [2.05, 4.69) is 0 Å². The van der Waals surface area contributed by atoms with Gasteiger partial charge in [-0.1, -0.05) is 0 Å². The van der Waals surface area contributed by atoms with Gasteiger partial charge in [-0.2, -0.15) is 0 Å². The summed E-state index contributed by atoms with van der Waals surface area (Å²) in [7, 11) is 0. The number of nitrogens with zero attached hydrogens (tertiary/aromatic N) is 1. The van der Waals surface area contributed by atoms with Crippen LogP contribution >= 0.6 is 0 Å². The maximum atomic E-state index is 11.9. The Morgan fingerprint density at radius 1 is 1.39 bits per heavy atom. The summed E-state index contributed by atoms with van der Waals surface area (Å²) >= 11 is 0. The third-order valence-corrected chi connectivity index (χ3v) is 2.52. The van der Waals surface area contributed by atoms with Gasteiger partial charge in [-0.05, 0) is 34.1 Å². The minimum Gasteiger partial charge on any atom is -0.464 e. The Morgan fingerprint density at radius 3 is 2.50 bits per heavy atom. The van der Waals surface area contributed by atoms with E-state index in [-0.39, 0.29) is 6.61 Å². The highest BCUT2D eigenvalue weighted by molar-refractivity contribution is 5.83. The molecule has 1 unspecified atom stereocenters. The smallest absolute Gasteiger partial charge is 0.411 e. The molecule has 1 fully saturated rings. The van der Waals surface area contributed by atoms with Crippen molar-refractivity contribution in [2.75, 3.05) is 13.2 Å². The molecule has 18 heavy (non-hydrogen) atoms. The lowest BCUT2D eigenvalue weighted by atomic mass is 10.2. The largest absolute Gasteiger partial charge is 0.464 e.